The van der Waals surface area contributed by atoms with Crippen LogP contribution in [0.5, 0.6) is 0 Å². The average molecular weight is 247 g/mol. The van der Waals surface area contributed by atoms with Crippen molar-refractivity contribution in [3.05, 3.63) is 11.6 Å². The molecule has 2 heteroatoms. The fraction of sp³-hybridized carbons (Fsp3) is 0.818. The van der Waals surface area contributed by atoms with Crippen molar-refractivity contribution >= 4 is 15.9 Å². The second kappa shape index (κ2) is 5.82. The van der Waals surface area contributed by atoms with Crippen molar-refractivity contribution in [2.45, 2.75) is 26.7 Å². The predicted octanol–water partition coefficient (Wildman–Crippen LogP) is 3.39. The van der Waals surface area contributed by atoms with Crippen LogP contribution in [0.25, 0.3) is 0 Å². The molecule has 0 N–H and O–H groups in total. The Balaban J connectivity index is 2.49. The maximum absolute atomic E-state index is 5.45. The van der Waals surface area contributed by atoms with Gasteiger partial charge in [0.2, 0.25) is 0 Å². The van der Waals surface area contributed by atoms with Crippen LogP contribution in [0.2, 0.25) is 0 Å². The number of halogens is 1. The molecular weight excluding hydrogens is 228 g/mol. The third kappa shape index (κ3) is 3.82. The minimum Gasteiger partial charge on any atom is -0.381 e. The van der Waals surface area contributed by atoms with Crippen LogP contribution in [0.3, 0.4) is 0 Å². The molecule has 0 aliphatic carbocycles. The smallest absolute Gasteiger partial charge is 0.0528 e. The third-order valence-electron chi connectivity index (χ3n) is 2.54. The minimum atomic E-state index is 0.654. The molecule has 0 saturated carbocycles. The first-order chi connectivity index (χ1) is 6.24. The molecule has 0 amide bonds. The van der Waals surface area contributed by atoms with Crippen molar-refractivity contribution in [2.24, 2.45) is 11.8 Å². The molecule has 0 aromatic rings. The summed E-state index contributed by atoms with van der Waals surface area (Å²) in [5.74, 6) is 1.31. The lowest BCUT2D eigenvalue weighted by Crippen LogP contribution is -2.16. The van der Waals surface area contributed by atoms with Crippen LogP contribution >= 0.6 is 15.9 Å². The lowest BCUT2D eigenvalue weighted by atomic mass is 9.95. The quantitative estimate of drug-likeness (QED) is 0.548. The Kier molecular flexibility index (Phi) is 5.04. The maximum Gasteiger partial charge on any atom is 0.0528 e. The predicted molar refractivity (Wildman–Crippen MR) is 60.3 cm³/mol. The summed E-state index contributed by atoms with van der Waals surface area (Å²) >= 11 is 3.53. The lowest BCUT2D eigenvalue weighted by molar-refractivity contribution is 0.0706. The zero-order chi connectivity index (χ0) is 9.68. The van der Waals surface area contributed by atoms with Gasteiger partial charge in [0.25, 0.3) is 0 Å². The topological polar surface area (TPSA) is 9.23 Å². The van der Waals surface area contributed by atoms with Gasteiger partial charge in [0.05, 0.1) is 6.61 Å². The van der Waals surface area contributed by atoms with E-state index in [0.717, 1.165) is 18.5 Å². The molecule has 1 aliphatic rings. The summed E-state index contributed by atoms with van der Waals surface area (Å²) in [4.78, 5) is 0. The van der Waals surface area contributed by atoms with Gasteiger partial charge in [0.15, 0.2) is 0 Å². The Morgan fingerprint density at radius 3 is 2.85 bits per heavy atom. The van der Waals surface area contributed by atoms with E-state index in [9.17, 15) is 0 Å². The van der Waals surface area contributed by atoms with E-state index in [1.807, 2.05) is 0 Å². The Hall–Kier alpha value is 0.180. The van der Waals surface area contributed by atoms with Gasteiger partial charge in [-0.3, -0.25) is 0 Å². The van der Waals surface area contributed by atoms with E-state index in [1.165, 1.54) is 18.4 Å². The summed E-state index contributed by atoms with van der Waals surface area (Å²) in [7, 11) is 0. The van der Waals surface area contributed by atoms with Crippen molar-refractivity contribution in [3.63, 3.8) is 0 Å². The molecule has 0 bridgehead atoms. The summed E-state index contributed by atoms with van der Waals surface area (Å²) in [5.41, 5.74) is 1.51. The molecule has 0 aromatic carbocycles. The number of rotatable bonds is 3. The van der Waals surface area contributed by atoms with E-state index in [1.54, 1.807) is 0 Å². The zero-order valence-corrected chi connectivity index (χ0v) is 10.1. The first-order valence-electron chi connectivity index (χ1n) is 5.08. The number of ether oxygens (including phenoxy) is 1. The highest BCUT2D eigenvalue weighted by molar-refractivity contribution is 9.09. The molecule has 1 nitrogen and oxygen atoms in total. The summed E-state index contributed by atoms with van der Waals surface area (Å²) in [6.45, 7) is 6.37. The molecular formula is C11H19BrO. The van der Waals surface area contributed by atoms with Gasteiger partial charge in [0, 0.05) is 17.9 Å². The Morgan fingerprint density at radius 2 is 2.38 bits per heavy atom. The van der Waals surface area contributed by atoms with Crippen LogP contribution in [0, 0.1) is 11.8 Å². The number of alkyl halides is 1. The van der Waals surface area contributed by atoms with E-state index in [0.29, 0.717) is 11.8 Å². The largest absolute Gasteiger partial charge is 0.381 e. The van der Waals surface area contributed by atoms with Crippen LogP contribution in [0.15, 0.2) is 11.6 Å². The van der Waals surface area contributed by atoms with Crippen molar-refractivity contribution in [3.8, 4) is 0 Å². The van der Waals surface area contributed by atoms with Gasteiger partial charge in [0.1, 0.15) is 0 Å². The van der Waals surface area contributed by atoms with Crippen molar-refractivity contribution in [2.75, 3.05) is 18.5 Å². The number of hydrogen-bond acceptors (Lipinski definition) is 1. The highest BCUT2D eigenvalue weighted by Gasteiger charge is 2.12. The standard InChI is InChI=1S/C11H19BrO/c1-9(2)11(7-12)6-10-4-3-5-13-8-10/h6,9-10H,3-5,7-8H2,1-2H3/b11-6-. The monoisotopic (exact) mass is 246 g/mol. The lowest BCUT2D eigenvalue weighted by Gasteiger charge is -2.21. The molecule has 0 spiro atoms. The Bertz CT molecular complexity index is 169. The Morgan fingerprint density at radius 1 is 1.62 bits per heavy atom. The molecule has 0 aromatic heterocycles. The summed E-state index contributed by atoms with van der Waals surface area (Å²) in [5, 5.41) is 1.00. The van der Waals surface area contributed by atoms with E-state index >= 15 is 0 Å². The second-order valence-electron chi connectivity index (χ2n) is 4.01. The van der Waals surface area contributed by atoms with Crippen molar-refractivity contribution in [1.82, 2.24) is 0 Å². The van der Waals surface area contributed by atoms with E-state index < -0.39 is 0 Å². The van der Waals surface area contributed by atoms with E-state index in [4.69, 9.17) is 4.74 Å². The highest BCUT2D eigenvalue weighted by Crippen LogP contribution is 2.20. The maximum atomic E-state index is 5.45. The number of allylic oxidation sites excluding steroid dienone is 1. The highest BCUT2D eigenvalue weighted by atomic mass is 79.9. The molecule has 76 valence electrons. The van der Waals surface area contributed by atoms with E-state index in [2.05, 4.69) is 35.9 Å². The van der Waals surface area contributed by atoms with Gasteiger partial charge in [-0.2, -0.15) is 0 Å². The summed E-state index contributed by atoms with van der Waals surface area (Å²) < 4.78 is 5.45. The SMILES string of the molecule is CC(C)/C(=C\C1CCCOC1)CBr. The van der Waals surface area contributed by atoms with Crippen LogP contribution < -0.4 is 0 Å². The van der Waals surface area contributed by atoms with Gasteiger partial charge < -0.3 is 4.74 Å². The van der Waals surface area contributed by atoms with Crippen molar-refractivity contribution in [1.29, 1.82) is 0 Å². The molecule has 1 heterocycles. The first kappa shape index (κ1) is 11.3. The molecule has 1 atom stereocenters. The molecule has 0 radical (unpaired) electrons. The fourth-order valence-corrected chi connectivity index (χ4v) is 2.43. The molecule has 1 saturated heterocycles. The summed E-state index contributed by atoms with van der Waals surface area (Å²) in [6.07, 6.45) is 4.91. The van der Waals surface area contributed by atoms with Crippen molar-refractivity contribution < 1.29 is 4.74 Å². The van der Waals surface area contributed by atoms with E-state index in [-0.39, 0.29) is 0 Å². The fourth-order valence-electron chi connectivity index (χ4n) is 1.59. The minimum absolute atomic E-state index is 0.654. The van der Waals surface area contributed by atoms with Gasteiger partial charge in [-0.25, -0.2) is 0 Å². The van der Waals surface area contributed by atoms with Gasteiger partial charge in [-0.1, -0.05) is 41.4 Å². The number of hydrogen-bond donors (Lipinski definition) is 0. The molecule has 13 heavy (non-hydrogen) atoms. The second-order valence-corrected chi connectivity index (χ2v) is 4.57. The normalized spacial score (nSPS) is 25.2. The zero-order valence-electron chi connectivity index (χ0n) is 8.55. The third-order valence-corrected chi connectivity index (χ3v) is 3.19. The van der Waals surface area contributed by atoms with Gasteiger partial charge >= 0.3 is 0 Å². The summed E-state index contributed by atoms with van der Waals surface area (Å²) in [6, 6.07) is 0. The first-order valence-corrected chi connectivity index (χ1v) is 6.20. The molecule has 1 unspecified atom stereocenters. The van der Waals surface area contributed by atoms with Crippen LogP contribution in [0.4, 0.5) is 0 Å². The van der Waals surface area contributed by atoms with Gasteiger partial charge in [-0.05, 0) is 18.8 Å². The van der Waals surface area contributed by atoms with Gasteiger partial charge in [-0.15, -0.1) is 0 Å². The average Bonchev–Trinajstić information content (AvgIpc) is 2.15. The van der Waals surface area contributed by atoms with Crippen LogP contribution in [-0.2, 0) is 4.74 Å². The molecule has 1 aliphatic heterocycles. The molecule has 1 fully saturated rings. The van der Waals surface area contributed by atoms with Crippen LogP contribution in [-0.4, -0.2) is 18.5 Å². The van der Waals surface area contributed by atoms with Crippen LogP contribution in [0.1, 0.15) is 26.7 Å². The molecule has 1 rings (SSSR count). The Labute approximate surface area is 89.7 Å².